The summed E-state index contributed by atoms with van der Waals surface area (Å²) in [5.41, 5.74) is 7.29. The smallest absolute Gasteiger partial charge is 0.125 e. The summed E-state index contributed by atoms with van der Waals surface area (Å²) in [5.74, 6) is 0.990. The molecule has 21 heavy (non-hydrogen) atoms. The van der Waals surface area contributed by atoms with Crippen LogP contribution >= 0.6 is 0 Å². The summed E-state index contributed by atoms with van der Waals surface area (Å²) in [6, 6.07) is 15.0. The number of furan rings is 1. The van der Waals surface area contributed by atoms with Crippen LogP contribution in [0.1, 0.15) is 17.4 Å². The fourth-order valence-corrected chi connectivity index (χ4v) is 3.18. The highest BCUT2D eigenvalue weighted by molar-refractivity contribution is 5.27. The summed E-state index contributed by atoms with van der Waals surface area (Å²) in [6.45, 7) is 3.72. The molecule has 0 aliphatic carbocycles. The highest BCUT2D eigenvalue weighted by Gasteiger charge is 2.33. The number of hydrogen-bond acceptors (Lipinski definition) is 4. The minimum absolute atomic E-state index is 0.142. The molecule has 1 aromatic carbocycles. The Hall–Kier alpha value is -1.62. The van der Waals surface area contributed by atoms with Gasteiger partial charge in [-0.3, -0.25) is 4.90 Å². The van der Waals surface area contributed by atoms with Crippen LogP contribution in [0.4, 0.5) is 0 Å². The summed E-state index contributed by atoms with van der Waals surface area (Å²) in [5, 5.41) is 0. The molecule has 0 radical (unpaired) electrons. The maximum Gasteiger partial charge on any atom is 0.125 e. The fourth-order valence-electron chi connectivity index (χ4n) is 3.18. The van der Waals surface area contributed by atoms with E-state index in [4.69, 9.17) is 10.2 Å². The number of nitrogens with two attached hydrogens (primary N) is 1. The first-order chi connectivity index (χ1) is 10.3. The molecule has 112 valence electrons. The van der Waals surface area contributed by atoms with Crippen molar-refractivity contribution in [1.82, 2.24) is 9.80 Å². The number of rotatable bonds is 4. The van der Waals surface area contributed by atoms with Crippen LogP contribution in [0.3, 0.4) is 0 Å². The van der Waals surface area contributed by atoms with Crippen LogP contribution < -0.4 is 5.73 Å². The zero-order valence-corrected chi connectivity index (χ0v) is 12.5. The van der Waals surface area contributed by atoms with Gasteiger partial charge < -0.3 is 15.1 Å². The summed E-state index contributed by atoms with van der Waals surface area (Å²) in [4.78, 5) is 4.83. The Morgan fingerprint density at radius 3 is 2.67 bits per heavy atom. The average molecular weight is 285 g/mol. The molecule has 0 bridgehead atoms. The second kappa shape index (κ2) is 6.43. The lowest BCUT2D eigenvalue weighted by Crippen LogP contribution is -2.55. The summed E-state index contributed by atoms with van der Waals surface area (Å²) >= 11 is 0. The first-order valence-electron chi connectivity index (χ1n) is 7.52. The second-order valence-corrected chi connectivity index (χ2v) is 5.72. The molecule has 2 aromatic rings. The number of nitrogens with zero attached hydrogens (tertiary/aromatic N) is 2. The van der Waals surface area contributed by atoms with Gasteiger partial charge in [0, 0.05) is 32.2 Å². The summed E-state index contributed by atoms with van der Waals surface area (Å²) in [6.07, 6.45) is 1.75. The molecule has 1 aliphatic heterocycles. The zero-order valence-electron chi connectivity index (χ0n) is 12.5. The van der Waals surface area contributed by atoms with E-state index in [1.54, 1.807) is 6.26 Å². The van der Waals surface area contributed by atoms with Gasteiger partial charge in [0.1, 0.15) is 5.76 Å². The third kappa shape index (κ3) is 3.02. The number of piperazine rings is 1. The number of likely N-dealkylation sites (N-methyl/N-ethyl adjacent to an activating group) is 1. The van der Waals surface area contributed by atoms with Gasteiger partial charge >= 0.3 is 0 Å². The van der Waals surface area contributed by atoms with Gasteiger partial charge in [-0.1, -0.05) is 30.3 Å². The lowest BCUT2D eigenvalue weighted by Gasteiger charge is -2.43. The van der Waals surface area contributed by atoms with Crippen LogP contribution in [-0.2, 0) is 0 Å². The molecule has 4 heteroatoms. The molecule has 4 nitrogen and oxygen atoms in total. The third-order valence-electron chi connectivity index (χ3n) is 4.26. The minimum Gasteiger partial charge on any atom is -0.467 e. The van der Waals surface area contributed by atoms with Gasteiger partial charge in [-0.05, 0) is 24.7 Å². The average Bonchev–Trinajstić information content (AvgIpc) is 3.04. The number of hydrogen-bond donors (Lipinski definition) is 1. The maximum atomic E-state index is 6.03. The molecule has 0 spiro atoms. The van der Waals surface area contributed by atoms with Crippen LogP contribution in [-0.4, -0.2) is 49.1 Å². The van der Waals surface area contributed by atoms with Crippen LogP contribution in [0.2, 0.25) is 0 Å². The number of benzene rings is 1. The largest absolute Gasteiger partial charge is 0.467 e. The Labute approximate surface area is 126 Å². The van der Waals surface area contributed by atoms with Crippen molar-refractivity contribution in [2.45, 2.75) is 12.1 Å². The van der Waals surface area contributed by atoms with E-state index in [-0.39, 0.29) is 6.04 Å². The molecular weight excluding hydrogens is 262 g/mol. The Morgan fingerprint density at radius 2 is 2.00 bits per heavy atom. The van der Waals surface area contributed by atoms with Crippen LogP contribution in [0.25, 0.3) is 0 Å². The van der Waals surface area contributed by atoms with Crippen molar-refractivity contribution in [2.24, 2.45) is 5.73 Å². The molecule has 2 heterocycles. The lowest BCUT2D eigenvalue weighted by atomic mass is 9.99. The van der Waals surface area contributed by atoms with E-state index in [0.29, 0.717) is 12.6 Å². The fraction of sp³-hybridized carbons (Fsp3) is 0.412. The van der Waals surface area contributed by atoms with Crippen LogP contribution in [0.5, 0.6) is 0 Å². The van der Waals surface area contributed by atoms with Crippen molar-refractivity contribution in [3.63, 3.8) is 0 Å². The van der Waals surface area contributed by atoms with Gasteiger partial charge in [0.05, 0.1) is 12.3 Å². The summed E-state index contributed by atoms with van der Waals surface area (Å²) in [7, 11) is 2.16. The van der Waals surface area contributed by atoms with E-state index in [1.165, 1.54) is 5.56 Å². The molecule has 1 aromatic heterocycles. The minimum atomic E-state index is 0.142. The first kappa shape index (κ1) is 14.3. The van der Waals surface area contributed by atoms with Gasteiger partial charge in [-0.15, -0.1) is 0 Å². The molecule has 1 fully saturated rings. The van der Waals surface area contributed by atoms with Crippen molar-refractivity contribution >= 4 is 0 Å². The Kier molecular flexibility index (Phi) is 4.39. The molecule has 2 N–H and O–H groups in total. The molecule has 0 amide bonds. The van der Waals surface area contributed by atoms with Crippen molar-refractivity contribution in [3.8, 4) is 0 Å². The zero-order chi connectivity index (χ0) is 14.7. The SMILES string of the molecule is CN1CCN(C(c2ccccc2)c2ccco2)C(CN)C1. The highest BCUT2D eigenvalue weighted by atomic mass is 16.3. The molecule has 1 aliphatic rings. The second-order valence-electron chi connectivity index (χ2n) is 5.72. The molecule has 3 rings (SSSR count). The Morgan fingerprint density at radius 1 is 1.19 bits per heavy atom. The molecule has 2 atom stereocenters. The van der Waals surface area contributed by atoms with Crippen molar-refractivity contribution in [1.29, 1.82) is 0 Å². The van der Waals surface area contributed by atoms with E-state index in [0.717, 1.165) is 25.4 Å². The van der Waals surface area contributed by atoms with Crippen LogP contribution in [0.15, 0.2) is 53.1 Å². The van der Waals surface area contributed by atoms with Gasteiger partial charge in [-0.2, -0.15) is 0 Å². The van der Waals surface area contributed by atoms with Crippen molar-refractivity contribution in [3.05, 3.63) is 60.1 Å². The van der Waals surface area contributed by atoms with Gasteiger partial charge in [-0.25, -0.2) is 0 Å². The van der Waals surface area contributed by atoms with E-state index < -0.39 is 0 Å². The Bertz CT molecular complexity index is 540. The normalized spacial score (nSPS) is 22.3. The van der Waals surface area contributed by atoms with Gasteiger partial charge in [0.25, 0.3) is 0 Å². The van der Waals surface area contributed by atoms with E-state index in [9.17, 15) is 0 Å². The molecule has 2 unspecified atom stereocenters. The summed E-state index contributed by atoms with van der Waals surface area (Å²) < 4.78 is 5.73. The lowest BCUT2D eigenvalue weighted by molar-refractivity contribution is 0.0619. The molecular formula is C17H23N3O. The maximum absolute atomic E-state index is 6.03. The topological polar surface area (TPSA) is 45.6 Å². The van der Waals surface area contributed by atoms with Gasteiger partial charge in [0.2, 0.25) is 0 Å². The molecule has 1 saturated heterocycles. The van der Waals surface area contributed by atoms with Crippen molar-refractivity contribution in [2.75, 3.05) is 33.2 Å². The Balaban J connectivity index is 1.95. The van der Waals surface area contributed by atoms with Crippen molar-refractivity contribution < 1.29 is 4.42 Å². The van der Waals surface area contributed by atoms with Gasteiger partial charge in [0.15, 0.2) is 0 Å². The third-order valence-corrected chi connectivity index (χ3v) is 4.26. The van der Waals surface area contributed by atoms with E-state index in [1.807, 2.05) is 12.1 Å². The van der Waals surface area contributed by atoms with E-state index >= 15 is 0 Å². The standard InChI is InChI=1S/C17H23N3O/c1-19-9-10-20(15(12-18)13-19)17(16-8-5-11-21-16)14-6-3-2-4-7-14/h2-8,11,15,17H,9-10,12-13,18H2,1H3. The first-order valence-corrected chi connectivity index (χ1v) is 7.52. The predicted octanol–water partition coefficient (Wildman–Crippen LogP) is 1.94. The molecule has 0 saturated carbocycles. The monoisotopic (exact) mass is 285 g/mol. The predicted molar refractivity (Wildman–Crippen MR) is 84.0 cm³/mol. The highest BCUT2D eigenvalue weighted by Crippen LogP contribution is 2.31. The van der Waals surface area contributed by atoms with E-state index in [2.05, 4.69) is 47.2 Å². The quantitative estimate of drug-likeness (QED) is 0.932. The van der Waals surface area contributed by atoms with Crippen LogP contribution in [0, 0.1) is 0 Å².